The Bertz CT molecular complexity index is 444. The van der Waals surface area contributed by atoms with E-state index in [1.54, 1.807) is 7.11 Å². The largest absolute Gasteiger partial charge is 0.382 e. The summed E-state index contributed by atoms with van der Waals surface area (Å²) in [6.45, 7) is 9.52. The standard InChI is InChI=1S/C14H26N4O2/c1-6-12-15-16-13(17(12)4)8-18-7-11(9-19-5)20-14(2,3)10-18/h11H,6-10H2,1-5H3/t11-/m1/s1. The van der Waals surface area contributed by atoms with Crippen LogP contribution in [0.3, 0.4) is 0 Å². The number of hydrogen-bond acceptors (Lipinski definition) is 5. The molecule has 2 rings (SSSR count). The van der Waals surface area contributed by atoms with Gasteiger partial charge in [0.15, 0.2) is 0 Å². The molecule has 6 nitrogen and oxygen atoms in total. The fraction of sp³-hybridized carbons (Fsp3) is 0.857. The van der Waals surface area contributed by atoms with Gasteiger partial charge in [-0.25, -0.2) is 0 Å². The van der Waals surface area contributed by atoms with Gasteiger partial charge in [-0.15, -0.1) is 10.2 Å². The van der Waals surface area contributed by atoms with Gasteiger partial charge >= 0.3 is 0 Å². The second-order valence-electron chi connectivity index (χ2n) is 6.07. The minimum Gasteiger partial charge on any atom is -0.382 e. The van der Waals surface area contributed by atoms with Gasteiger partial charge in [-0.2, -0.15) is 0 Å². The van der Waals surface area contributed by atoms with E-state index in [0.29, 0.717) is 6.61 Å². The van der Waals surface area contributed by atoms with E-state index in [4.69, 9.17) is 9.47 Å². The number of hydrogen-bond donors (Lipinski definition) is 0. The SMILES string of the molecule is CCc1nnc(CN2C[C@H](COC)OC(C)(C)C2)n1C. The van der Waals surface area contributed by atoms with Crippen LogP contribution in [0, 0.1) is 0 Å². The summed E-state index contributed by atoms with van der Waals surface area (Å²) in [5.74, 6) is 2.04. The third-order valence-electron chi connectivity index (χ3n) is 3.64. The Hall–Kier alpha value is -0.980. The van der Waals surface area contributed by atoms with Crippen molar-refractivity contribution in [2.75, 3.05) is 26.8 Å². The first kappa shape index (κ1) is 15.4. The number of aryl methyl sites for hydroxylation is 1. The smallest absolute Gasteiger partial charge is 0.146 e. The van der Waals surface area contributed by atoms with E-state index in [1.165, 1.54) is 0 Å². The zero-order valence-electron chi connectivity index (χ0n) is 13.2. The number of morpholine rings is 1. The van der Waals surface area contributed by atoms with Crippen molar-refractivity contribution in [2.45, 2.75) is 45.4 Å². The van der Waals surface area contributed by atoms with Crippen molar-refractivity contribution in [3.63, 3.8) is 0 Å². The molecule has 6 heteroatoms. The summed E-state index contributed by atoms with van der Waals surface area (Å²) < 4.78 is 13.4. The fourth-order valence-electron chi connectivity index (χ4n) is 2.85. The minimum absolute atomic E-state index is 0.114. The van der Waals surface area contributed by atoms with E-state index in [2.05, 4.69) is 40.4 Å². The van der Waals surface area contributed by atoms with Gasteiger partial charge in [0.1, 0.15) is 11.6 Å². The van der Waals surface area contributed by atoms with Gasteiger partial charge in [0.05, 0.1) is 24.9 Å². The molecule has 1 aromatic heterocycles. The number of nitrogens with zero attached hydrogens (tertiary/aromatic N) is 4. The Morgan fingerprint density at radius 2 is 2.05 bits per heavy atom. The van der Waals surface area contributed by atoms with Gasteiger partial charge in [0.25, 0.3) is 0 Å². The lowest BCUT2D eigenvalue weighted by Gasteiger charge is -2.42. The Balaban J connectivity index is 2.05. The lowest BCUT2D eigenvalue weighted by Crippen LogP contribution is -2.53. The van der Waals surface area contributed by atoms with Crippen LogP contribution in [-0.2, 0) is 29.5 Å². The van der Waals surface area contributed by atoms with Gasteiger partial charge in [-0.1, -0.05) is 6.92 Å². The van der Waals surface area contributed by atoms with Crippen molar-refractivity contribution < 1.29 is 9.47 Å². The first-order valence-electron chi connectivity index (χ1n) is 7.21. The summed E-state index contributed by atoms with van der Waals surface area (Å²) in [5, 5.41) is 8.52. The van der Waals surface area contributed by atoms with Crippen LogP contribution in [0.5, 0.6) is 0 Å². The van der Waals surface area contributed by atoms with E-state index < -0.39 is 0 Å². The lowest BCUT2D eigenvalue weighted by atomic mass is 10.1. The molecule has 1 aliphatic rings. The molecular formula is C14H26N4O2. The first-order valence-corrected chi connectivity index (χ1v) is 7.21. The molecule has 1 fully saturated rings. The van der Waals surface area contributed by atoms with E-state index in [9.17, 15) is 0 Å². The van der Waals surface area contributed by atoms with Gasteiger partial charge in [-0.3, -0.25) is 4.90 Å². The Morgan fingerprint density at radius 1 is 1.35 bits per heavy atom. The van der Waals surface area contributed by atoms with Gasteiger partial charge < -0.3 is 14.0 Å². The van der Waals surface area contributed by atoms with E-state index in [0.717, 1.165) is 37.7 Å². The summed E-state index contributed by atoms with van der Waals surface area (Å²) in [6, 6.07) is 0. The third kappa shape index (κ3) is 3.56. The molecule has 0 aromatic carbocycles. The first-order chi connectivity index (χ1) is 9.45. The van der Waals surface area contributed by atoms with Gasteiger partial charge in [-0.05, 0) is 13.8 Å². The summed E-state index contributed by atoms with van der Waals surface area (Å²) in [7, 11) is 3.75. The summed E-state index contributed by atoms with van der Waals surface area (Å²) in [4.78, 5) is 2.37. The average Bonchev–Trinajstić information content (AvgIpc) is 2.69. The number of ether oxygens (including phenoxy) is 2. The van der Waals surface area contributed by atoms with Crippen molar-refractivity contribution in [1.82, 2.24) is 19.7 Å². The third-order valence-corrected chi connectivity index (χ3v) is 3.64. The van der Waals surface area contributed by atoms with Crippen LogP contribution in [0.2, 0.25) is 0 Å². The van der Waals surface area contributed by atoms with Crippen molar-refractivity contribution in [2.24, 2.45) is 7.05 Å². The number of rotatable bonds is 5. The lowest BCUT2D eigenvalue weighted by molar-refractivity contribution is -0.154. The summed E-state index contributed by atoms with van der Waals surface area (Å²) >= 11 is 0. The van der Waals surface area contributed by atoms with Gasteiger partial charge in [0, 0.05) is 33.7 Å². The molecule has 0 unspecified atom stereocenters. The molecule has 2 heterocycles. The summed E-state index contributed by atoms with van der Waals surface area (Å²) in [6.07, 6.45) is 1.02. The topological polar surface area (TPSA) is 52.4 Å². The Kier molecular flexibility index (Phi) is 4.78. The monoisotopic (exact) mass is 282 g/mol. The molecule has 0 saturated carbocycles. The molecular weight excluding hydrogens is 256 g/mol. The Labute approximate surface area is 121 Å². The summed E-state index contributed by atoms with van der Waals surface area (Å²) in [5.41, 5.74) is -0.159. The van der Waals surface area contributed by atoms with Crippen molar-refractivity contribution in [3.05, 3.63) is 11.6 Å². The van der Waals surface area contributed by atoms with Crippen LogP contribution in [0.4, 0.5) is 0 Å². The molecule has 0 amide bonds. The molecule has 20 heavy (non-hydrogen) atoms. The molecule has 1 atom stereocenters. The van der Waals surface area contributed by atoms with Crippen LogP contribution in [0.25, 0.3) is 0 Å². The highest BCUT2D eigenvalue weighted by molar-refractivity contribution is 4.96. The predicted octanol–water partition coefficient (Wildman–Crippen LogP) is 1.00. The highest BCUT2D eigenvalue weighted by atomic mass is 16.5. The maximum absolute atomic E-state index is 6.03. The normalized spacial score (nSPS) is 23.1. The maximum atomic E-state index is 6.03. The van der Waals surface area contributed by atoms with E-state index in [1.807, 2.05) is 7.05 Å². The Morgan fingerprint density at radius 3 is 2.65 bits per heavy atom. The van der Waals surface area contributed by atoms with E-state index >= 15 is 0 Å². The second-order valence-corrected chi connectivity index (χ2v) is 6.07. The zero-order chi connectivity index (χ0) is 14.8. The number of methoxy groups -OCH3 is 1. The van der Waals surface area contributed by atoms with Crippen LogP contribution < -0.4 is 0 Å². The van der Waals surface area contributed by atoms with Crippen LogP contribution in [-0.4, -0.2) is 58.2 Å². The van der Waals surface area contributed by atoms with Crippen molar-refractivity contribution >= 4 is 0 Å². The molecule has 0 radical (unpaired) electrons. The quantitative estimate of drug-likeness (QED) is 0.806. The zero-order valence-corrected chi connectivity index (χ0v) is 13.2. The van der Waals surface area contributed by atoms with Gasteiger partial charge in [0.2, 0.25) is 0 Å². The minimum atomic E-state index is -0.159. The second kappa shape index (κ2) is 6.20. The molecule has 1 aliphatic heterocycles. The maximum Gasteiger partial charge on any atom is 0.146 e. The van der Waals surface area contributed by atoms with E-state index in [-0.39, 0.29) is 11.7 Å². The van der Waals surface area contributed by atoms with Crippen LogP contribution >= 0.6 is 0 Å². The molecule has 1 aromatic rings. The van der Waals surface area contributed by atoms with Crippen molar-refractivity contribution in [1.29, 1.82) is 0 Å². The predicted molar refractivity (Wildman–Crippen MR) is 76.5 cm³/mol. The molecule has 0 bridgehead atoms. The molecule has 0 spiro atoms. The van der Waals surface area contributed by atoms with Crippen molar-refractivity contribution in [3.8, 4) is 0 Å². The highest BCUT2D eigenvalue weighted by Gasteiger charge is 2.33. The molecule has 0 N–H and O–H groups in total. The van der Waals surface area contributed by atoms with Crippen LogP contribution in [0.15, 0.2) is 0 Å². The highest BCUT2D eigenvalue weighted by Crippen LogP contribution is 2.22. The fourth-order valence-corrected chi connectivity index (χ4v) is 2.85. The molecule has 1 saturated heterocycles. The van der Waals surface area contributed by atoms with Crippen LogP contribution in [0.1, 0.15) is 32.4 Å². The average molecular weight is 282 g/mol. The number of aromatic nitrogens is 3. The molecule has 0 aliphatic carbocycles. The molecule has 114 valence electrons.